The van der Waals surface area contributed by atoms with Gasteiger partial charge in [-0.1, -0.05) is 38.1 Å². The Bertz CT molecular complexity index is 1180. The number of benzene rings is 1. The molecule has 0 amide bonds. The van der Waals surface area contributed by atoms with Crippen LogP contribution >= 0.6 is 0 Å². The lowest BCUT2D eigenvalue weighted by Gasteiger charge is -2.23. The number of pyridine rings is 2. The van der Waals surface area contributed by atoms with Gasteiger partial charge in [-0.15, -0.1) is 0 Å². The van der Waals surface area contributed by atoms with E-state index in [1.165, 1.54) is 0 Å². The molecule has 2 N–H and O–H groups in total. The summed E-state index contributed by atoms with van der Waals surface area (Å²) in [4.78, 5) is 26.9. The normalized spacial score (nSPS) is 11.5. The summed E-state index contributed by atoms with van der Waals surface area (Å²) < 4.78 is 3.13. The van der Waals surface area contributed by atoms with Gasteiger partial charge >= 0.3 is 0 Å². The average Bonchev–Trinajstić information content (AvgIpc) is 2.72. The van der Waals surface area contributed by atoms with Crippen molar-refractivity contribution in [2.24, 2.45) is 0 Å². The summed E-state index contributed by atoms with van der Waals surface area (Å²) in [5.74, 6) is -0.958. The van der Waals surface area contributed by atoms with Crippen molar-refractivity contribution in [2.45, 2.75) is 66.5 Å². The Balaban J connectivity index is 2.44. The minimum atomic E-state index is -0.909. The Morgan fingerprint density at radius 1 is 0.750 bits per heavy atom. The highest BCUT2D eigenvalue weighted by molar-refractivity contribution is 5.52. The molecule has 0 aliphatic rings. The Hall–Kier alpha value is -3.28. The van der Waals surface area contributed by atoms with E-state index in [-0.39, 0.29) is 33.7 Å². The van der Waals surface area contributed by atoms with Crippen molar-refractivity contribution < 1.29 is 10.2 Å². The molecule has 0 bridgehead atoms. The van der Waals surface area contributed by atoms with Crippen molar-refractivity contribution in [1.82, 2.24) is 9.13 Å². The van der Waals surface area contributed by atoms with Crippen molar-refractivity contribution in [2.75, 3.05) is 0 Å². The van der Waals surface area contributed by atoms with Crippen LogP contribution in [0.3, 0.4) is 0 Å². The maximum Gasteiger partial charge on any atom is 0.258 e. The highest BCUT2D eigenvalue weighted by atomic mass is 16.3. The second-order valence-corrected chi connectivity index (χ2v) is 8.52. The predicted molar refractivity (Wildman–Crippen MR) is 127 cm³/mol. The van der Waals surface area contributed by atoms with Crippen LogP contribution in [0.5, 0.6) is 11.5 Å². The monoisotopic (exact) mass is 436 g/mol. The Kier molecular flexibility index (Phi) is 6.63. The van der Waals surface area contributed by atoms with E-state index in [1.54, 1.807) is 35.1 Å². The van der Waals surface area contributed by atoms with E-state index in [9.17, 15) is 19.8 Å². The van der Waals surface area contributed by atoms with Crippen molar-refractivity contribution in [1.29, 1.82) is 0 Å². The zero-order valence-corrected chi connectivity index (χ0v) is 19.6. The van der Waals surface area contributed by atoms with Crippen molar-refractivity contribution in [3.63, 3.8) is 0 Å². The molecule has 170 valence electrons. The summed E-state index contributed by atoms with van der Waals surface area (Å²) in [6.45, 7) is 12.3. The molecule has 0 aliphatic heterocycles. The summed E-state index contributed by atoms with van der Waals surface area (Å²) >= 11 is 0. The van der Waals surface area contributed by atoms with Gasteiger partial charge in [0.2, 0.25) is 0 Å². The molecule has 3 aromatic rings. The summed E-state index contributed by atoms with van der Waals surface area (Å²) in [5, 5.41) is 21.8. The zero-order valence-electron chi connectivity index (χ0n) is 19.6. The fourth-order valence-electron chi connectivity index (χ4n) is 4.42. The first-order valence-electron chi connectivity index (χ1n) is 11.1. The molecule has 0 unspecified atom stereocenters. The van der Waals surface area contributed by atoms with Gasteiger partial charge in [-0.3, -0.25) is 9.59 Å². The maximum absolute atomic E-state index is 13.5. The summed E-state index contributed by atoms with van der Waals surface area (Å²) in [5.41, 5.74) is 2.48. The number of aromatic nitrogens is 2. The van der Waals surface area contributed by atoms with Crippen molar-refractivity contribution >= 4 is 0 Å². The van der Waals surface area contributed by atoms with E-state index in [4.69, 9.17) is 0 Å². The molecule has 32 heavy (non-hydrogen) atoms. The fourth-order valence-corrected chi connectivity index (χ4v) is 4.42. The molecule has 6 heteroatoms. The molecule has 3 rings (SSSR count). The maximum atomic E-state index is 13.5. The highest BCUT2D eigenvalue weighted by Gasteiger charge is 2.30. The van der Waals surface area contributed by atoms with E-state index < -0.39 is 5.92 Å². The zero-order chi connectivity index (χ0) is 23.7. The molecule has 0 fully saturated rings. The van der Waals surface area contributed by atoms with Gasteiger partial charge in [0.15, 0.2) is 0 Å². The third-order valence-electron chi connectivity index (χ3n) is 6.19. The number of aryl methyl sites for hydroxylation is 2. The first-order chi connectivity index (χ1) is 15.1. The molecule has 6 nitrogen and oxygen atoms in total. The topological polar surface area (TPSA) is 84.5 Å². The summed E-state index contributed by atoms with van der Waals surface area (Å²) in [6.07, 6.45) is 0. The summed E-state index contributed by atoms with van der Waals surface area (Å²) in [7, 11) is 0. The minimum Gasteiger partial charge on any atom is -0.507 e. The molecule has 0 radical (unpaired) electrons. The molecule has 0 atom stereocenters. The van der Waals surface area contributed by atoms with Gasteiger partial charge in [0.25, 0.3) is 11.1 Å². The van der Waals surface area contributed by atoms with Crippen LogP contribution in [-0.2, 0) is 13.1 Å². The Morgan fingerprint density at radius 3 is 1.47 bits per heavy atom. The van der Waals surface area contributed by atoms with Gasteiger partial charge < -0.3 is 19.3 Å². The van der Waals surface area contributed by atoms with E-state index in [0.717, 1.165) is 5.56 Å². The largest absolute Gasteiger partial charge is 0.507 e. The smallest absolute Gasteiger partial charge is 0.258 e. The Morgan fingerprint density at radius 2 is 1.12 bits per heavy atom. The van der Waals surface area contributed by atoms with Crippen LogP contribution in [0.2, 0.25) is 0 Å². The summed E-state index contributed by atoms with van der Waals surface area (Å²) in [6, 6.07) is 10.7. The standard InChI is InChI=1S/C26H32N2O4/c1-7-27-16(5)13-20(29)23(25(27)31)22(19-11-9-18(10-12-19)15(3)4)24-21(30)14-17(6)28(8-2)26(24)32/h9-15,22,29-30H,7-8H2,1-6H3. The number of aromatic hydroxyl groups is 2. The van der Waals surface area contributed by atoms with Gasteiger partial charge in [0.05, 0.1) is 17.0 Å². The molecular weight excluding hydrogens is 404 g/mol. The van der Waals surface area contributed by atoms with E-state index in [0.29, 0.717) is 36.0 Å². The number of hydrogen-bond acceptors (Lipinski definition) is 4. The van der Waals surface area contributed by atoms with Gasteiger partial charge in [-0.2, -0.15) is 0 Å². The second-order valence-electron chi connectivity index (χ2n) is 8.52. The first-order valence-corrected chi connectivity index (χ1v) is 11.1. The van der Waals surface area contributed by atoms with Crippen LogP contribution in [-0.4, -0.2) is 19.3 Å². The molecule has 0 saturated carbocycles. The lowest BCUT2D eigenvalue weighted by molar-refractivity contribution is 0.449. The van der Waals surface area contributed by atoms with Gasteiger partial charge in [-0.05, 0) is 56.9 Å². The molecule has 1 aromatic carbocycles. The fraction of sp³-hybridized carbons (Fsp3) is 0.385. The second kappa shape index (κ2) is 9.07. The molecular formula is C26H32N2O4. The minimum absolute atomic E-state index is 0.0913. The molecule has 2 aromatic heterocycles. The average molecular weight is 437 g/mol. The van der Waals surface area contributed by atoms with Gasteiger partial charge in [0.1, 0.15) is 11.5 Å². The quantitative estimate of drug-likeness (QED) is 0.601. The number of hydrogen-bond donors (Lipinski definition) is 2. The molecule has 0 aliphatic carbocycles. The van der Waals surface area contributed by atoms with Crippen molar-refractivity contribution in [3.8, 4) is 11.5 Å². The lowest BCUT2D eigenvalue weighted by atomic mass is 9.84. The van der Waals surface area contributed by atoms with E-state index in [2.05, 4.69) is 13.8 Å². The van der Waals surface area contributed by atoms with E-state index >= 15 is 0 Å². The highest BCUT2D eigenvalue weighted by Crippen LogP contribution is 2.38. The predicted octanol–water partition coefficient (Wildman–Crippen LogP) is 4.38. The van der Waals surface area contributed by atoms with Crippen LogP contribution in [0.1, 0.15) is 73.2 Å². The van der Waals surface area contributed by atoms with Crippen LogP contribution in [0, 0.1) is 13.8 Å². The van der Waals surface area contributed by atoms with Gasteiger partial charge in [-0.25, -0.2) is 0 Å². The molecule has 2 heterocycles. The van der Waals surface area contributed by atoms with E-state index in [1.807, 2.05) is 38.1 Å². The first kappa shape index (κ1) is 23.4. The van der Waals surface area contributed by atoms with Crippen LogP contribution < -0.4 is 11.1 Å². The van der Waals surface area contributed by atoms with Crippen LogP contribution in [0.4, 0.5) is 0 Å². The Labute approximate surface area is 188 Å². The van der Waals surface area contributed by atoms with Crippen LogP contribution in [0.15, 0.2) is 46.0 Å². The number of nitrogens with zero attached hydrogens (tertiary/aromatic N) is 2. The van der Waals surface area contributed by atoms with Crippen molar-refractivity contribution in [3.05, 3.63) is 90.7 Å². The third-order valence-corrected chi connectivity index (χ3v) is 6.19. The lowest BCUT2D eigenvalue weighted by Crippen LogP contribution is -2.32. The third kappa shape index (κ3) is 3.97. The van der Waals surface area contributed by atoms with Crippen LogP contribution in [0.25, 0.3) is 0 Å². The molecule has 0 spiro atoms. The van der Waals surface area contributed by atoms with Gasteiger partial charge in [0, 0.05) is 24.5 Å². The molecule has 0 saturated heterocycles. The number of rotatable bonds is 6. The SMILES string of the molecule is CCn1c(C)cc(O)c(C(c2ccc(C(C)C)cc2)c2c(O)cc(C)n(CC)c2=O)c1=O.